The molecule has 0 aliphatic carbocycles. The lowest BCUT2D eigenvalue weighted by Crippen LogP contribution is -2.61. The quantitative estimate of drug-likeness (QED) is 0.346. The molecule has 0 bridgehead atoms. The molecule has 0 radical (unpaired) electrons. The SMILES string of the molecule is c1ccc(COC[C@H]2O[C@H]3C[C@H]4O[C@H]5CC[C@H]6O[C@H]7CC[C@H]8O[C@H]9CCCO[C@@H]9C[C@@H]8O[C@@H]7C[C@@H]6O[C@@H]5C[C@@H]4O[C@@H]3C[C@@H]2OCc2ccccc2)cc1. The molecule has 2 aromatic carbocycles. The molecular formula is C43H56O10. The molecule has 0 aromatic heterocycles. The van der Waals surface area contributed by atoms with Gasteiger partial charge in [-0.15, -0.1) is 0 Å². The van der Waals surface area contributed by atoms with Gasteiger partial charge in [0.15, 0.2) is 0 Å². The molecule has 10 nitrogen and oxygen atoms in total. The number of hydrogen-bond donors (Lipinski definition) is 0. The molecule has 288 valence electrons. The second-order valence-corrected chi connectivity index (χ2v) is 16.7. The van der Waals surface area contributed by atoms with Gasteiger partial charge in [-0.05, 0) is 49.7 Å². The van der Waals surface area contributed by atoms with E-state index in [1.807, 2.05) is 36.4 Å². The molecule has 10 heteroatoms. The summed E-state index contributed by atoms with van der Waals surface area (Å²) in [6, 6.07) is 20.6. The van der Waals surface area contributed by atoms with Crippen LogP contribution in [0.2, 0.25) is 0 Å². The lowest BCUT2D eigenvalue weighted by molar-refractivity contribution is -0.296. The van der Waals surface area contributed by atoms with Gasteiger partial charge in [-0.1, -0.05) is 60.7 Å². The summed E-state index contributed by atoms with van der Waals surface area (Å²) < 4.78 is 66.7. The fourth-order valence-electron chi connectivity index (χ4n) is 10.5. The van der Waals surface area contributed by atoms with E-state index >= 15 is 0 Å². The maximum Gasteiger partial charge on any atom is 0.108 e. The summed E-state index contributed by atoms with van der Waals surface area (Å²) in [4.78, 5) is 0. The van der Waals surface area contributed by atoms with E-state index in [0.29, 0.717) is 19.8 Å². The molecule has 0 spiro atoms. The van der Waals surface area contributed by atoms with Gasteiger partial charge in [-0.2, -0.15) is 0 Å². The van der Waals surface area contributed by atoms with Gasteiger partial charge in [-0.3, -0.25) is 0 Å². The maximum atomic E-state index is 6.98. The maximum absolute atomic E-state index is 6.98. The molecule has 0 amide bonds. The molecule has 0 unspecified atom stereocenters. The molecule has 8 heterocycles. The topological polar surface area (TPSA) is 92.3 Å². The Kier molecular flexibility index (Phi) is 10.6. The van der Waals surface area contributed by atoms with Crippen molar-refractivity contribution >= 4 is 0 Å². The Balaban J connectivity index is 0.781. The van der Waals surface area contributed by atoms with E-state index in [1.165, 1.54) is 0 Å². The second kappa shape index (κ2) is 15.9. The van der Waals surface area contributed by atoms with E-state index in [2.05, 4.69) is 24.3 Å². The van der Waals surface area contributed by atoms with Crippen LogP contribution in [0.5, 0.6) is 0 Å². The Morgan fingerprint density at radius 2 is 0.868 bits per heavy atom. The lowest BCUT2D eigenvalue weighted by Gasteiger charge is -2.51. The lowest BCUT2D eigenvalue weighted by atomic mass is 9.86. The standard InChI is InChI=1S/C43H56O10/c1-3-8-26(9-4-1)23-44-25-43-34(46-24-27-10-5-2-6-11-27)19-39-42(53-43)22-40-41(52-39)21-38-32(49-40)16-15-31-37(51-38)20-36-30(48-31)14-13-29-35(50-36)18-33-28(47-29)12-7-17-45-33/h1-6,8-11,28-43H,7,12-25H2/t28-,29+,30-,31+,32-,33+,34-,35-,36+,37-,38+,39+,40+,41-,42-,43+/m0/s1. The number of ether oxygens (including phenoxy) is 10. The Hall–Kier alpha value is -1.96. The largest absolute Gasteiger partial charge is 0.375 e. The molecular weight excluding hydrogens is 676 g/mol. The molecule has 10 rings (SSSR count). The summed E-state index contributed by atoms with van der Waals surface area (Å²) in [6.07, 6.45) is 10.2. The summed E-state index contributed by atoms with van der Waals surface area (Å²) in [5.74, 6) is 0. The van der Waals surface area contributed by atoms with Gasteiger partial charge in [0.1, 0.15) is 6.10 Å². The zero-order valence-corrected chi connectivity index (χ0v) is 30.7. The molecule has 8 aliphatic heterocycles. The molecule has 0 N–H and O–H groups in total. The van der Waals surface area contributed by atoms with Gasteiger partial charge in [0.25, 0.3) is 0 Å². The van der Waals surface area contributed by atoms with Crippen LogP contribution in [-0.4, -0.2) is 111 Å². The van der Waals surface area contributed by atoms with Crippen LogP contribution in [0.25, 0.3) is 0 Å². The van der Waals surface area contributed by atoms with Crippen LogP contribution < -0.4 is 0 Å². The van der Waals surface area contributed by atoms with Crippen LogP contribution in [0.1, 0.15) is 81.8 Å². The normalized spacial score (nSPS) is 45.0. The van der Waals surface area contributed by atoms with Crippen molar-refractivity contribution < 1.29 is 47.4 Å². The third-order valence-corrected chi connectivity index (χ3v) is 13.2. The van der Waals surface area contributed by atoms with Gasteiger partial charge >= 0.3 is 0 Å². The molecule has 8 aliphatic rings. The van der Waals surface area contributed by atoms with Gasteiger partial charge in [0.05, 0.1) is 111 Å². The highest BCUT2D eigenvalue weighted by Crippen LogP contribution is 2.45. The van der Waals surface area contributed by atoms with E-state index < -0.39 is 0 Å². The van der Waals surface area contributed by atoms with Crippen molar-refractivity contribution in [2.75, 3.05) is 13.2 Å². The van der Waals surface area contributed by atoms with Crippen molar-refractivity contribution in [3.05, 3.63) is 71.8 Å². The average molecular weight is 733 g/mol. The first kappa shape index (κ1) is 35.5. The van der Waals surface area contributed by atoms with Crippen molar-refractivity contribution in [2.24, 2.45) is 0 Å². The van der Waals surface area contributed by atoms with Gasteiger partial charge in [0, 0.05) is 38.7 Å². The van der Waals surface area contributed by atoms with Crippen LogP contribution in [-0.2, 0) is 60.6 Å². The van der Waals surface area contributed by atoms with Crippen molar-refractivity contribution in [2.45, 2.75) is 182 Å². The summed E-state index contributed by atoms with van der Waals surface area (Å²) in [5, 5.41) is 0. The molecule has 0 saturated carbocycles. The molecule has 2 aromatic rings. The highest BCUT2D eigenvalue weighted by Gasteiger charge is 2.54. The smallest absolute Gasteiger partial charge is 0.108 e. The van der Waals surface area contributed by atoms with E-state index in [1.54, 1.807) is 0 Å². The third-order valence-electron chi connectivity index (χ3n) is 13.2. The Labute approximate surface area is 313 Å². The molecule has 8 saturated heterocycles. The summed E-state index contributed by atoms with van der Waals surface area (Å²) in [5.41, 5.74) is 2.29. The van der Waals surface area contributed by atoms with Crippen LogP contribution in [0.3, 0.4) is 0 Å². The van der Waals surface area contributed by atoms with Gasteiger partial charge in [-0.25, -0.2) is 0 Å². The van der Waals surface area contributed by atoms with Crippen molar-refractivity contribution in [3.63, 3.8) is 0 Å². The molecule has 8 fully saturated rings. The predicted molar refractivity (Wildman–Crippen MR) is 192 cm³/mol. The summed E-state index contributed by atoms with van der Waals surface area (Å²) in [6.45, 7) is 2.35. The Morgan fingerprint density at radius 3 is 1.45 bits per heavy atom. The minimum atomic E-state index is -0.191. The number of rotatable bonds is 7. The first-order valence-corrected chi connectivity index (χ1v) is 20.7. The minimum absolute atomic E-state index is 0.00677. The van der Waals surface area contributed by atoms with E-state index in [9.17, 15) is 0 Å². The minimum Gasteiger partial charge on any atom is -0.375 e. The number of benzene rings is 2. The zero-order chi connectivity index (χ0) is 35.1. The van der Waals surface area contributed by atoms with Crippen LogP contribution in [0.4, 0.5) is 0 Å². The third kappa shape index (κ3) is 7.75. The van der Waals surface area contributed by atoms with Crippen LogP contribution >= 0.6 is 0 Å². The highest BCUT2D eigenvalue weighted by atomic mass is 16.6. The number of hydrogen-bond acceptors (Lipinski definition) is 10. The summed E-state index contributed by atoms with van der Waals surface area (Å²) in [7, 11) is 0. The average Bonchev–Trinajstić information content (AvgIpc) is 3.47. The fourth-order valence-corrected chi connectivity index (χ4v) is 10.5. The Bertz CT molecular complexity index is 1480. The monoisotopic (exact) mass is 732 g/mol. The van der Waals surface area contributed by atoms with E-state index in [4.69, 9.17) is 47.4 Å². The fraction of sp³-hybridized carbons (Fsp3) is 0.721. The van der Waals surface area contributed by atoms with Gasteiger partial charge < -0.3 is 47.4 Å². The van der Waals surface area contributed by atoms with Crippen LogP contribution in [0.15, 0.2) is 60.7 Å². The second-order valence-electron chi connectivity index (χ2n) is 16.7. The predicted octanol–water partition coefficient (Wildman–Crippen LogP) is 5.85. The van der Waals surface area contributed by atoms with Crippen LogP contribution in [0, 0.1) is 0 Å². The summed E-state index contributed by atoms with van der Waals surface area (Å²) >= 11 is 0. The molecule has 16 atom stereocenters. The number of fused-ring (bicyclic) bond motifs is 7. The van der Waals surface area contributed by atoms with E-state index in [0.717, 1.165) is 88.4 Å². The first-order valence-electron chi connectivity index (χ1n) is 20.7. The molecule has 53 heavy (non-hydrogen) atoms. The van der Waals surface area contributed by atoms with E-state index in [-0.39, 0.29) is 97.7 Å². The van der Waals surface area contributed by atoms with Gasteiger partial charge in [0.2, 0.25) is 0 Å². The Morgan fingerprint density at radius 1 is 0.434 bits per heavy atom. The zero-order valence-electron chi connectivity index (χ0n) is 30.7. The highest BCUT2D eigenvalue weighted by molar-refractivity contribution is 5.14. The van der Waals surface area contributed by atoms with Crippen molar-refractivity contribution in [1.29, 1.82) is 0 Å². The van der Waals surface area contributed by atoms with Crippen molar-refractivity contribution in [1.82, 2.24) is 0 Å². The van der Waals surface area contributed by atoms with Crippen molar-refractivity contribution in [3.8, 4) is 0 Å². The first-order chi connectivity index (χ1) is 26.2.